The molecule has 142 valence electrons. The third-order valence-corrected chi connectivity index (χ3v) is 4.49. The van der Waals surface area contributed by atoms with Gasteiger partial charge in [-0.15, -0.1) is 0 Å². The molecule has 0 saturated carbocycles. The number of amides is 2. The smallest absolute Gasteiger partial charge is 0.242 e. The van der Waals surface area contributed by atoms with E-state index in [1.54, 1.807) is 11.1 Å². The van der Waals surface area contributed by atoms with Crippen molar-refractivity contribution in [1.29, 1.82) is 0 Å². The van der Waals surface area contributed by atoms with Gasteiger partial charge in [-0.25, -0.2) is 13.8 Å². The molecule has 1 aliphatic heterocycles. The van der Waals surface area contributed by atoms with Gasteiger partial charge < -0.3 is 14.7 Å². The number of carbonyl (C=O) groups is 2. The topological polar surface area (TPSA) is 56.8 Å². The Balaban J connectivity index is 1.63. The van der Waals surface area contributed by atoms with Gasteiger partial charge in [0.1, 0.15) is 12.4 Å². The summed E-state index contributed by atoms with van der Waals surface area (Å²) in [6.07, 6.45) is 1.72. The molecular weight excluding hydrogens is 354 g/mol. The predicted octanol–water partition coefficient (Wildman–Crippen LogP) is 2.06. The van der Waals surface area contributed by atoms with Crippen LogP contribution in [-0.2, 0) is 9.59 Å². The van der Waals surface area contributed by atoms with Crippen molar-refractivity contribution in [3.05, 3.63) is 54.2 Å². The van der Waals surface area contributed by atoms with E-state index in [0.29, 0.717) is 26.2 Å². The molecule has 0 N–H and O–H groups in total. The lowest BCUT2D eigenvalue weighted by molar-refractivity contribution is -0.131. The van der Waals surface area contributed by atoms with Crippen molar-refractivity contribution in [3.63, 3.8) is 0 Å². The largest absolute Gasteiger partial charge is 0.353 e. The molecule has 2 amide bonds. The van der Waals surface area contributed by atoms with Crippen LogP contribution < -0.4 is 9.80 Å². The number of pyridine rings is 1. The fraction of sp³-hybridized carbons (Fsp3) is 0.316. The van der Waals surface area contributed by atoms with Crippen molar-refractivity contribution in [3.8, 4) is 0 Å². The SMILES string of the molecule is CC(=O)N(CC(=O)N1CCN(c2ccccn2)CC1)c1ccc(F)c(F)c1. The number of carbonyl (C=O) groups excluding carboxylic acids is 2. The highest BCUT2D eigenvalue weighted by Gasteiger charge is 2.25. The molecule has 1 aliphatic rings. The van der Waals surface area contributed by atoms with Gasteiger partial charge in [0.15, 0.2) is 11.6 Å². The van der Waals surface area contributed by atoms with E-state index in [-0.39, 0.29) is 18.1 Å². The van der Waals surface area contributed by atoms with Crippen molar-refractivity contribution in [2.75, 3.05) is 42.5 Å². The van der Waals surface area contributed by atoms with Crippen LogP contribution >= 0.6 is 0 Å². The summed E-state index contributed by atoms with van der Waals surface area (Å²) in [5, 5.41) is 0. The van der Waals surface area contributed by atoms with Crippen LogP contribution in [0.5, 0.6) is 0 Å². The number of hydrogen-bond donors (Lipinski definition) is 0. The first kappa shape index (κ1) is 18.8. The lowest BCUT2D eigenvalue weighted by Crippen LogP contribution is -2.52. The molecule has 2 aromatic rings. The fourth-order valence-corrected chi connectivity index (χ4v) is 3.00. The van der Waals surface area contributed by atoms with Crippen LogP contribution in [0.2, 0.25) is 0 Å². The molecule has 1 aromatic carbocycles. The van der Waals surface area contributed by atoms with Gasteiger partial charge in [-0.3, -0.25) is 9.59 Å². The molecule has 0 radical (unpaired) electrons. The summed E-state index contributed by atoms with van der Waals surface area (Å²) >= 11 is 0. The normalized spacial score (nSPS) is 14.2. The number of rotatable bonds is 4. The molecule has 1 aromatic heterocycles. The van der Waals surface area contributed by atoms with Crippen LogP contribution in [0.25, 0.3) is 0 Å². The minimum atomic E-state index is -1.06. The Hall–Kier alpha value is -3.03. The van der Waals surface area contributed by atoms with Crippen LogP contribution in [0.15, 0.2) is 42.6 Å². The first-order valence-electron chi connectivity index (χ1n) is 8.62. The highest BCUT2D eigenvalue weighted by atomic mass is 19.2. The number of benzene rings is 1. The van der Waals surface area contributed by atoms with E-state index >= 15 is 0 Å². The second-order valence-corrected chi connectivity index (χ2v) is 6.26. The zero-order valence-electron chi connectivity index (χ0n) is 14.9. The summed E-state index contributed by atoms with van der Waals surface area (Å²) < 4.78 is 26.6. The van der Waals surface area contributed by atoms with E-state index < -0.39 is 17.5 Å². The second-order valence-electron chi connectivity index (χ2n) is 6.26. The van der Waals surface area contributed by atoms with Crippen molar-refractivity contribution in [2.24, 2.45) is 0 Å². The number of hydrogen-bond acceptors (Lipinski definition) is 4. The van der Waals surface area contributed by atoms with Crippen molar-refractivity contribution in [1.82, 2.24) is 9.88 Å². The van der Waals surface area contributed by atoms with E-state index in [0.717, 1.165) is 22.9 Å². The van der Waals surface area contributed by atoms with Gasteiger partial charge in [0, 0.05) is 51.1 Å². The molecule has 0 unspecified atom stereocenters. The molecule has 6 nitrogen and oxygen atoms in total. The molecule has 3 rings (SSSR count). The van der Waals surface area contributed by atoms with E-state index in [4.69, 9.17) is 0 Å². The van der Waals surface area contributed by atoms with Gasteiger partial charge >= 0.3 is 0 Å². The molecule has 0 aliphatic carbocycles. The Morgan fingerprint density at radius 1 is 1.07 bits per heavy atom. The van der Waals surface area contributed by atoms with Crippen molar-refractivity contribution < 1.29 is 18.4 Å². The number of nitrogens with zero attached hydrogens (tertiary/aromatic N) is 4. The molecule has 27 heavy (non-hydrogen) atoms. The Labute approximate surface area is 156 Å². The molecule has 2 heterocycles. The van der Waals surface area contributed by atoms with E-state index in [2.05, 4.69) is 9.88 Å². The first-order chi connectivity index (χ1) is 13.0. The maximum Gasteiger partial charge on any atom is 0.242 e. The lowest BCUT2D eigenvalue weighted by Gasteiger charge is -2.36. The van der Waals surface area contributed by atoms with Gasteiger partial charge in [-0.2, -0.15) is 0 Å². The maximum atomic E-state index is 13.5. The van der Waals surface area contributed by atoms with Crippen molar-refractivity contribution >= 4 is 23.3 Å². The molecule has 0 spiro atoms. The fourth-order valence-electron chi connectivity index (χ4n) is 3.00. The monoisotopic (exact) mass is 374 g/mol. The highest BCUT2D eigenvalue weighted by Crippen LogP contribution is 2.19. The van der Waals surface area contributed by atoms with E-state index in [1.165, 1.54) is 13.0 Å². The van der Waals surface area contributed by atoms with Crippen LogP contribution in [0.1, 0.15) is 6.92 Å². The average molecular weight is 374 g/mol. The Morgan fingerprint density at radius 3 is 2.41 bits per heavy atom. The third-order valence-electron chi connectivity index (χ3n) is 4.49. The molecule has 0 atom stereocenters. The maximum absolute atomic E-state index is 13.5. The first-order valence-corrected chi connectivity index (χ1v) is 8.62. The summed E-state index contributed by atoms with van der Waals surface area (Å²) in [5.74, 6) is -1.86. The minimum absolute atomic E-state index is 0.155. The molecule has 8 heteroatoms. The zero-order chi connectivity index (χ0) is 19.4. The van der Waals surface area contributed by atoms with Gasteiger partial charge in [-0.1, -0.05) is 6.07 Å². The number of aromatic nitrogens is 1. The Morgan fingerprint density at radius 2 is 1.81 bits per heavy atom. The summed E-state index contributed by atoms with van der Waals surface area (Å²) in [4.78, 5) is 33.7. The number of halogens is 2. The molecule has 0 bridgehead atoms. The third kappa shape index (κ3) is 4.39. The zero-order valence-corrected chi connectivity index (χ0v) is 14.9. The second kappa shape index (κ2) is 8.11. The number of anilines is 2. The summed E-state index contributed by atoms with van der Waals surface area (Å²) in [6.45, 7) is 3.33. The summed E-state index contributed by atoms with van der Waals surface area (Å²) in [5.41, 5.74) is 0.155. The van der Waals surface area contributed by atoms with Gasteiger partial charge in [0.2, 0.25) is 11.8 Å². The lowest BCUT2D eigenvalue weighted by atomic mass is 10.2. The summed E-state index contributed by atoms with van der Waals surface area (Å²) in [7, 11) is 0. The summed E-state index contributed by atoms with van der Waals surface area (Å²) in [6, 6.07) is 8.81. The van der Waals surface area contributed by atoms with Crippen LogP contribution in [0, 0.1) is 11.6 Å². The molecule has 1 saturated heterocycles. The van der Waals surface area contributed by atoms with E-state index in [9.17, 15) is 18.4 Å². The van der Waals surface area contributed by atoms with Gasteiger partial charge in [-0.05, 0) is 24.3 Å². The Bertz CT molecular complexity index is 824. The standard InChI is InChI=1S/C19H20F2N4O2/c1-14(26)25(15-5-6-16(20)17(21)12-15)13-19(27)24-10-8-23(9-11-24)18-4-2-3-7-22-18/h2-7,12H,8-11,13H2,1H3. The van der Waals surface area contributed by atoms with Crippen molar-refractivity contribution in [2.45, 2.75) is 6.92 Å². The highest BCUT2D eigenvalue weighted by molar-refractivity contribution is 5.97. The average Bonchev–Trinajstić information content (AvgIpc) is 2.69. The number of piperazine rings is 1. The minimum Gasteiger partial charge on any atom is -0.353 e. The van der Waals surface area contributed by atoms with Crippen LogP contribution in [0.4, 0.5) is 20.3 Å². The van der Waals surface area contributed by atoms with Gasteiger partial charge in [0.25, 0.3) is 0 Å². The van der Waals surface area contributed by atoms with Gasteiger partial charge in [0.05, 0.1) is 0 Å². The predicted molar refractivity (Wildman–Crippen MR) is 97.4 cm³/mol. The Kier molecular flexibility index (Phi) is 5.63. The van der Waals surface area contributed by atoms with Crippen LogP contribution in [-0.4, -0.2) is 54.4 Å². The molecule has 1 fully saturated rings. The quantitative estimate of drug-likeness (QED) is 0.822. The van der Waals surface area contributed by atoms with Crippen LogP contribution in [0.3, 0.4) is 0 Å². The van der Waals surface area contributed by atoms with E-state index in [1.807, 2.05) is 18.2 Å². The molecular formula is C19H20F2N4O2.